The molecule has 0 bridgehead atoms. The van der Waals surface area contributed by atoms with Gasteiger partial charge in [-0.15, -0.1) is 0 Å². The van der Waals surface area contributed by atoms with E-state index in [1.54, 1.807) is 0 Å². The van der Waals surface area contributed by atoms with Crippen molar-refractivity contribution in [3.63, 3.8) is 0 Å². The van der Waals surface area contributed by atoms with Crippen molar-refractivity contribution in [3.05, 3.63) is 17.8 Å². The number of likely N-dealkylation sites (N-methyl/N-ethyl adjacent to an activating group) is 1. The van der Waals surface area contributed by atoms with Crippen LogP contribution in [0.2, 0.25) is 0 Å². The number of esters is 1. The van der Waals surface area contributed by atoms with E-state index in [-0.39, 0.29) is 12.0 Å². The fourth-order valence-corrected chi connectivity index (χ4v) is 3.23. The third-order valence-electron chi connectivity index (χ3n) is 4.69. The van der Waals surface area contributed by atoms with Crippen LogP contribution in [0.25, 0.3) is 0 Å². The molecule has 2 fully saturated rings. The number of hydrogen-bond donors (Lipinski definition) is 0. The third-order valence-corrected chi connectivity index (χ3v) is 4.69. The minimum Gasteiger partial charge on any atom is -0.464 e. The van der Waals surface area contributed by atoms with E-state index in [2.05, 4.69) is 35.7 Å². The maximum Gasteiger partial charge on any atom is 0.323 e. The van der Waals surface area contributed by atoms with E-state index in [1.165, 1.54) is 0 Å². The number of hydrogen-bond acceptors (Lipinski definition) is 6. The van der Waals surface area contributed by atoms with Crippen molar-refractivity contribution < 1.29 is 13.9 Å². The number of likely N-dealkylation sites (tertiary alicyclic amines) is 1. The number of aromatic nitrogens is 1. The van der Waals surface area contributed by atoms with Crippen LogP contribution in [0.1, 0.15) is 44.3 Å². The highest BCUT2D eigenvalue weighted by atomic mass is 16.5. The minimum atomic E-state index is -0.0578. The molecule has 6 nitrogen and oxygen atoms in total. The van der Waals surface area contributed by atoms with E-state index in [9.17, 15) is 4.79 Å². The van der Waals surface area contributed by atoms with Gasteiger partial charge in [0.25, 0.3) is 0 Å². The largest absolute Gasteiger partial charge is 0.464 e. The first-order chi connectivity index (χ1) is 10.5. The average Bonchev–Trinajstić information content (AvgIpc) is 3.17. The third kappa shape index (κ3) is 3.17. The Labute approximate surface area is 131 Å². The normalized spacial score (nSPS) is 26.3. The Hall–Kier alpha value is -1.40. The maximum absolute atomic E-state index is 11.7. The molecular weight excluding hydrogens is 282 g/mol. The highest BCUT2D eigenvalue weighted by Crippen LogP contribution is 2.23. The zero-order chi connectivity index (χ0) is 15.7. The van der Waals surface area contributed by atoms with Gasteiger partial charge >= 0.3 is 5.97 Å². The van der Waals surface area contributed by atoms with Crippen molar-refractivity contribution in [2.24, 2.45) is 0 Å². The summed E-state index contributed by atoms with van der Waals surface area (Å²) in [5.41, 5.74) is 0. The van der Waals surface area contributed by atoms with Gasteiger partial charge in [0, 0.05) is 31.5 Å². The number of ether oxygens (including phenoxy) is 1. The summed E-state index contributed by atoms with van der Waals surface area (Å²) in [5, 5.41) is 0. The van der Waals surface area contributed by atoms with E-state index in [0.717, 1.165) is 37.6 Å². The van der Waals surface area contributed by atoms with Crippen molar-refractivity contribution in [1.29, 1.82) is 0 Å². The molecule has 0 aromatic carbocycles. The lowest BCUT2D eigenvalue weighted by atomic mass is 10.2. The Balaban J connectivity index is 1.54. The number of cyclic esters (lactones) is 1. The molecule has 22 heavy (non-hydrogen) atoms. The summed E-state index contributed by atoms with van der Waals surface area (Å²) in [6, 6.07) is 0.399. The molecule has 2 aliphatic rings. The summed E-state index contributed by atoms with van der Waals surface area (Å²) in [5.74, 6) is 2.01. The van der Waals surface area contributed by atoms with Crippen LogP contribution >= 0.6 is 0 Å². The van der Waals surface area contributed by atoms with Crippen LogP contribution in [0.15, 0.2) is 10.6 Å². The van der Waals surface area contributed by atoms with Gasteiger partial charge in [0.15, 0.2) is 0 Å². The molecule has 2 aliphatic heterocycles. The first kappa shape index (κ1) is 15.5. The lowest BCUT2D eigenvalue weighted by Crippen LogP contribution is -2.40. The second kappa shape index (κ2) is 6.38. The Morgan fingerprint density at radius 3 is 2.91 bits per heavy atom. The van der Waals surface area contributed by atoms with E-state index in [4.69, 9.17) is 9.15 Å². The van der Waals surface area contributed by atoms with Crippen molar-refractivity contribution in [2.45, 2.75) is 51.2 Å². The van der Waals surface area contributed by atoms with E-state index < -0.39 is 0 Å². The molecular formula is C16H25N3O3. The summed E-state index contributed by atoms with van der Waals surface area (Å²) in [6.45, 7) is 7.34. The highest BCUT2D eigenvalue weighted by Gasteiger charge is 2.37. The summed E-state index contributed by atoms with van der Waals surface area (Å²) in [7, 11) is 2.10. The summed E-state index contributed by atoms with van der Waals surface area (Å²) >= 11 is 0. The van der Waals surface area contributed by atoms with Crippen LogP contribution in [0.5, 0.6) is 0 Å². The molecule has 1 aromatic heterocycles. The molecule has 6 heteroatoms. The standard InChI is InChI=1S/C16H25N3O3/c1-11(2)14-8-17-15(22-14)10-18(3)12-4-6-19(9-12)13-5-7-21-16(13)20/h8,11-13H,4-7,9-10H2,1-3H3/t12-,13-/m1/s1. The molecule has 2 atom stereocenters. The van der Waals surface area contributed by atoms with Crippen molar-refractivity contribution >= 4 is 5.97 Å². The monoisotopic (exact) mass is 307 g/mol. The molecule has 0 unspecified atom stereocenters. The number of rotatable bonds is 5. The maximum atomic E-state index is 11.7. The SMILES string of the molecule is CC(C)c1cnc(CN(C)[C@@H]2CCN([C@@H]3CCOC3=O)C2)o1. The zero-order valence-electron chi connectivity index (χ0n) is 13.6. The molecule has 0 saturated carbocycles. The van der Waals surface area contributed by atoms with Gasteiger partial charge in [-0.2, -0.15) is 0 Å². The number of carbonyl (C=O) groups excluding carboxylic acids is 1. The van der Waals surface area contributed by atoms with Crippen molar-refractivity contribution in [3.8, 4) is 0 Å². The second-order valence-corrected chi connectivity index (χ2v) is 6.64. The first-order valence-electron chi connectivity index (χ1n) is 8.10. The topological polar surface area (TPSA) is 58.8 Å². The average molecular weight is 307 g/mol. The molecule has 3 heterocycles. The predicted octanol–water partition coefficient (Wildman–Crippen LogP) is 1.62. The Bertz CT molecular complexity index is 528. The van der Waals surface area contributed by atoms with Crippen LogP contribution in [0, 0.1) is 0 Å². The predicted molar refractivity (Wildman–Crippen MR) is 81.4 cm³/mol. The van der Waals surface area contributed by atoms with Crippen LogP contribution in [-0.2, 0) is 16.1 Å². The van der Waals surface area contributed by atoms with E-state index in [1.807, 2.05) is 6.20 Å². The quantitative estimate of drug-likeness (QED) is 0.771. The molecule has 2 saturated heterocycles. The van der Waals surface area contributed by atoms with Gasteiger partial charge in [0.1, 0.15) is 11.8 Å². The minimum absolute atomic E-state index is 0.0346. The number of carbonyl (C=O) groups is 1. The molecule has 3 rings (SSSR count). The van der Waals surface area contributed by atoms with Gasteiger partial charge in [-0.25, -0.2) is 4.98 Å². The molecule has 1 aromatic rings. The molecule has 0 amide bonds. The van der Waals surface area contributed by atoms with Gasteiger partial charge in [0.05, 0.1) is 19.3 Å². The van der Waals surface area contributed by atoms with Gasteiger partial charge < -0.3 is 9.15 Å². The van der Waals surface area contributed by atoms with Gasteiger partial charge in [0.2, 0.25) is 5.89 Å². The Morgan fingerprint density at radius 2 is 2.27 bits per heavy atom. The van der Waals surface area contributed by atoms with Gasteiger partial charge in [-0.1, -0.05) is 13.8 Å². The first-order valence-corrected chi connectivity index (χ1v) is 8.10. The highest BCUT2D eigenvalue weighted by molar-refractivity contribution is 5.77. The second-order valence-electron chi connectivity index (χ2n) is 6.64. The van der Waals surface area contributed by atoms with Crippen LogP contribution < -0.4 is 0 Å². The van der Waals surface area contributed by atoms with Gasteiger partial charge in [-0.3, -0.25) is 14.6 Å². The summed E-state index contributed by atoms with van der Waals surface area (Å²) < 4.78 is 10.9. The van der Waals surface area contributed by atoms with E-state index >= 15 is 0 Å². The van der Waals surface area contributed by atoms with E-state index in [0.29, 0.717) is 25.1 Å². The zero-order valence-corrected chi connectivity index (χ0v) is 13.6. The smallest absolute Gasteiger partial charge is 0.323 e. The fourth-order valence-electron chi connectivity index (χ4n) is 3.23. The fraction of sp³-hybridized carbons (Fsp3) is 0.750. The molecule has 122 valence electrons. The lowest BCUT2D eigenvalue weighted by Gasteiger charge is -2.24. The number of oxazole rings is 1. The molecule has 0 radical (unpaired) electrons. The summed E-state index contributed by atoms with van der Waals surface area (Å²) in [6.07, 6.45) is 3.72. The molecule has 0 aliphatic carbocycles. The summed E-state index contributed by atoms with van der Waals surface area (Å²) in [4.78, 5) is 20.6. The number of nitrogens with zero attached hydrogens (tertiary/aromatic N) is 3. The lowest BCUT2D eigenvalue weighted by molar-refractivity contribution is -0.142. The van der Waals surface area contributed by atoms with Crippen molar-refractivity contribution in [2.75, 3.05) is 26.7 Å². The molecule has 0 spiro atoms. The van der Waals surface area contributed by atoms with Crippen molar-refractivity contribution in [1.82, 2.24) is 14.8 Å². The van der Waals surface area contributed by atoms with Gasteiger partial charge in [-0.05, 0) is 13.5 Å². The van der Waals surface area contributed by atoms with Crippen LogP contribution in [0.3, 0.4) is 0 Å². The Morgan fingerprint density at radius 1 is 1.45 bits per heavy atom. The molecule has 0 N–H and O–H groups in total. The Kier molecular flexibility index (Phi) is 4.49. The van der Waals surface area contributed by atoms with Crippen LogP contribution in [0.4, 0.5) is 0 Å². The van der Waals surface area contributed by atoms with Crippen LogP contribution in [-0.4, -0.2) is 59.6 Å².